The number of rotatable bonds is 7. The Morgan fingerprint density at radius 1 is 1.42 bits per heavy atom. The van der Waals surface area contributed by atoms with Crippen LogP contribution in [0.3, 0.4) is 0 Å². The number of piperidine rings is 1. The highest BCUT2D eigenvalue weighted by molar-refractivity contribution is 9.10. The first-order valence-corrected chi connectivity index (χ1v) is 9.12. The molecule has 1 aliphatic heterocycles. The molecule has 1 aromatic rings. The number of carbonyl (C=O) groups excluding carboxylic acids is 1. The molecule has 24 heavy (non-hydrogen) atoms. The fraction of sp³-hybridized carbons (Fsp3) is 0.611. The van der Waals surface area contributed by atoms with Crippen molar-refractivity contribution < 1.29 is 9.53 Å². The number of carbonyl (C=O) groups is 1. The van der Waals surface area contributed by atoms with Gasteiger partial charge in [0.15, 0.2) is 0 Å². The summed E-state index contributed by atoms with van der Waals surface area (Å²) in [6, 6.07) is 8.57. The Hall–Kier alpha value is -0.620. The summed E-state index contributed by atoms with van der Waals surface area (Å²) in [5, 5.41) is 3.35. The van der Waals surface area contributed by atoms with Gasteiger partial charge in [-0.1, -0.05) is 28.1 Å². The van der Waals surface area contributed by atoms with E-state index >= 15 is 0 Å². The number of hydrogen-bond acceptors (Lipinski definition) is 3. The van der Waals surface area contributed by atoms with Gasteiger partial charge in [-0.2, -0.15) is 0 Å². The van der Waals surface area contributed by atoms with Crippen LogP contribution in [0.25, 0.3) is 0 Å². The molecule has 1 unspecified atom stereocenters. The van der Waals surface area contributed by atoms with Crippen molar-refractivity contribution in [2.75, 3.05) is 33.9 Å². The monoisotopic (exact) mass is 418 g/mol. The summed E-state index contributed by atoms with van der Waals surface area (Å²) >= 11 is 3.51. The molecule has 1 N–H and O–H groups in total. The van der Waals surface area contributed by atoms with Crippen LogP contribution in [0.1, 0.15) is 24.8 Å². The van der Waals surface area contributed by atoms with Gasteiger partial charge in [-0.25, -0.2) is 0 Å². The molecule has 1 saturated heterocycles. The van der Waals surface area contributed by atoms with Crippen molar-refractivity contribution in [3.05, 3.63) is 34.3 Å². The molecule has 1 fully saturated rings. The zero-order chi connectivity index (χ0) is 16.7. The molecule has 0 aromatic heterocycles. The molecule has 1 amide bonds. The number of amides is 1. The molecule has 0 radical (unpaired) electrons. The summed E-state index contributed by atoms with van der Waals surface area (Å²) in [7, 11) is 3.65. The van der Waals surface area contributed by atoms with E-state index in [4.69, 9.17) is 4.74 Å². The SMILES string of the molecule is COCCC(Cc1cccc(Br)c1)C(=O)N(C)C1CCNCC1.Cl. The van der Waals surface area contributed by atoms with E-state index in [0.717, 1.165) is 43.2 Å². The second kappa shape index (κ2) is 11.1. The van der Waals surface area contributed by atoms with Gasteiger partial charge in [0.2, 0.25) is 5.91 Å². The van der Waals surface area contributed by atoms with Crippen molar-refractivity contribution in [2.45, 2.75) is 31.7 Å². The molecule has 0 spiro atoms. The zero-order valence-corrected chi connectivity index (χ0v) is 16.9. The van der Waals surface area contributed by atoms with E-state index in [0.29, 0.717) is 12.6 Å². The summed E-state index contributed by atoms with van der Waals surface area (Å²) in [6.45, 7) is 2.61. The van der Waals surface area contributed by atoms with Gasteiger partial charge in [-0.15, -0.1) is 12.4 Å². The molecule has 1 aromatic carbocycles. The fourth-order valence-corrected chi connectivity index (χ4v) is 3.63. The standard InChI is InChI=1S/C18H27BrN2O2.ClH/c1-21(17-6-9-20-10-7-17)18(22)15(8-11-23-2)12-14-4-3-5-16(19)13-14;/h3-5,13,15,17,20H,6-12H2,1-2H3;1H. The molecule has 136 valence electrons. The normalized spacial score (nSPS) is 16.3. The third-order valence-electron chi connectivity index (χ3n) is 4.59. The highest BCUT2D eigenvalue weighted by atomic mass is 79.9. The number of methoxy groups -OCH3 is 1. The molecule has 1 aliphatic rings. The second-order valence-corrected chi connectivity index (χ2v) is 7.16. The molecule has 0 saturated carbocycles. The summed E-state index contributed by atoms with van der Waals surface area (Å²) in [6.07, 6.45) is 3.60. The van der Waals surface area contributed by atoms with Crippen LogP contribution in [0.15, 0.2) is 28.7 Å². The van der Waals surface area contributed by atoms with Gasteiger partial charge in [-0.05, 0) is 56.5 Å². The van der Waals surface area contributed by atoms with Crippen molar-refractivity contribution in [3.8, 4) is 0 Å². The molecule has 1 atom stereocenters. The molecule has 4 nitrogen and oxygen atoms in total. The maximum Gasteiger partial charge on any atom is 0.226 e. The van der Waals surface area contributed by atoms with Gasteiger partial charge < -0.3 is 15.0 Å². The Bertz CT molecular complexity index is 510. The predicted octanol–water partition coefficient (Wildman–Crippen LogP) is 3.28. The molecule has 0 aliphatic carbocycles. The van der Waals surface area contributed by atoms with E-state index < -0.39 is 0 Å². The van der Waals surface area contributed by atoms with Crippen LogP contribution in [0, 0.1) is 5.92 Å². The summed E-state index contributed by atoms with van der Waals surface area (Å²) < 4.78 is 6.27. The average molecular weight is 420 g/mol. The molecule has 6 heteroatoms. The minimum absolute atomic E-state index is 0. The van der Waals surface area contributed by atoms with Crippen molar-refractivity contribution in [2.24, 2.45) is 5.92 Å². The van der Waals surface area contributed by atoms with Crippen LogP contribution in [0.4, 0.5) is 0 Å². The van der Waals surface area contributed by atoms with Crippen molar-refractivity contribution in [1.82, 2.24) is 10.2 Å². The molecule has 2 rings (SSSR count). The van der Waals surface area contributed by atoms with Gasteiger partial charge >= 0.3 is 0 Å². The maximum atomic E-state index is 13.0. The highest BCUT2D eigenvalue weighted by Gasteiger charge is 2.27. The van der Waals surface area contributed by atoms with Gasteiger partial charge in [0.1, 0.15) is 0 Å². The van der Waals surface area contributed by atoms with E-state index in [9.17, 15) is 4.79 Å². The van der Waals surface area contributed by atoms with Crippen LogP contribution >= 0.6 is 28.3 Å². The topological polar surface area (TPSA) is 41.6 Å². The first-order valence-electron chi connectivity index (χ1n) is 8.32. The lowest BCUT2D eigenvalue weighted by Gasteiger charge is -2.34. The van der Waals surface area contributed by atoms with Crippen LogP contribution in [0.2, 0.25) is 0 Å². The van der Waals surface area contributed by atoms with Crippen LogP contribution in [-0.4, -0.2) is 50.7 Å². The number of hydrogen-bond donors (Lipinski definition) is 1. The van der Waals surface area contributed by atoms with E-state index in [2.05, 4.69) is 33.4 Å². The van der Waals surface area contributed by atoms with Gasteiger partial charge in [0.25, 0.3) is 0 Å². The molecular weight excluding hydrogens is 392 g/mol. The van der Waals surface area contributed by atoms with Crippen LogP contribution in [-0.2, 0) is 16.0 Å². The Labute approximate surface area is 159 Å². The Kier molecular flexibility index (Phi) is 9.89. The van der Waals surface area contributed by atoms with E-state index in [1.165, 1.54) is 5.56 Å². The van der Waals surface area contributed by atoms with Gasteiger partial charge in [0, 0.05) is 37.2 Å². The fourth-order valence-electron chi connectivity index (χ4n) is 3.18. The van der Waals surface area contributed by atoms with Gasteiger partial charge in [0.05, 0.1) is 0 Å². The van der Waals surface area contributed by atoms with Crippen LogP contribution < -0.4 is 5.32 Å². The lowest BCUT2D eigenvalue weighted by molar-refractivity contribution is -0.137. The average Bonchev–Trinajstić information content (AvgIpc) is 2.58. The minimum atomic E-state index is -0.0239. The first kappa shape index (κ1) is 21.4. The van der Waals surface area contributed by atoms with E-state index in [-0.39, 0.29) is 24.2 Å². The first-order chi connectivity index (χ1) is 11.1. The highest BCUT2D eigenvalue weighted by Crippen LogP contribution is 2.21. The maximum absolute atomic E-state index is 13.0. The molecule has 1 heterocycles. The van der Waals surface area contributed by atoms with Crippen molar-refractivity contribution in [3.63, 3.8) is 0 Å². The Morgan fingerprint density at radius 2 is 2.12 bits per heavy atom. The number of halogens is 2. The largest absolute Gasteiger partial charge is 0.385 e. The minimum Gasteiger partial charge on any atom is -0.385 e. The Balaban J connectivity index is 0.00000288. The lowest BCUT2D eigenvalue weighted by Crippen LogP contribution is -2.46. The van der Waals surface area contributed by atoms with E-state index in [1.54, 1.807) is 7.11 Å². The van der Waals surface area contributed by atoms with Gasteiger partial charge in [-0.3, -0.25) is 4.79 Å². The third-order valence-corrected chi connectivity index (χ3v) is 5.09. The van der Waals surface area contributed by atoms with Crippen molar-refractivity contribution in [1.29, 1.82) is 0 Å². The third kappa shape index (κ3) is 6.36. The predicted molar refractivity (Wildman–Crippen MR) is 104 cm³/mol. The number of nitrogens with one attached hydrogen (secondary N) is 1. The lowest BCUT2D eigenvalue weighted by atomic mass is 9.93. The summed E-state index contributed by atoms with van der Waals surface area (Å²) in [4.78, 5) is 14.9. The summed E-state index contributed by atoms with van der Waals surface area (Å²) in [5.41, 5.74) is 1.19. The number of benzene rings is 1. The summed E-state index contributed by atoms with van der Waals surface area (Å²) in [5.74, 6) is 0.220. The number of ether oxygens (including phenoxy) is 1. The van der Waals surface area contributed by atoms with Crippen molar-refractivity contribution >= 4 is 34.2 Å². The quantitative estimate of drug-likeness (QED) is 0.737. The zero-order valence-electron chi connectivity index (χ0n) is 14.5. The number of nitrogens with zero attached hydrogens (tertiary/aromatic N) is 1. The van der Waals surface area contributed by atoms with E-state index in [1.807, 2.05) is 24.1 Å². The molecule has 0 bridgehead atoms. The Morgan fingerprint density at radius 3 is 2.75 bits per heavy atom. The van der Waals surface area contributed by atoms with Crippen LogP contribution in [0.5, 0.6) is 0 Å². The smallest absolute Gasteiger partial charge is 0.226 e. The second-order valence-electron chi connectivity index (χ2n) is 6.24. The molecular formula is C18H28BrClN2O2.